The third kappa shape index (κ3) is 4.03. The highest BCUT2D eigenvalue weighted by atomic mass is 16.5. The lowest BCUT2D eigenvalue weighted by Gasteiger charge is -2.32. The number of urea groups is 1. The maximum absolute atomic E-state index is 12.7. The molecule has 2 aliphatic rings. The van der Waals surface area contributed by atoms with E-state index >= 15 is 0 Å². The monoisotopic (exact) mass is 382 g/mol. The van der Waals surface area contributed by atoms with Crippen molar-refractivity contribution in [3.63, 3.8) is 0 Å². The molecule has 2 aliphatic heterocycles. The number of hydrogen-bond acceptors (Lipinski definition) is 4. The molecular formula is C21H26N4O3. The van der Waals surface area contributed by atoms with Crippen molar-refractivity contribution < 1.29 is 9.53 Å². The Kier molecular flexibility index (Phi) is 4.83. The Bertz CT molecular complexity index is 937. The molecule has 0 radical (unpaired) electrons. The van der Waals surface area contributed by atoms with E-state index in [-0.39, 0.29) is 23.1 Å². The molecule has 3 heterocycles. The number of carbonyl (C=O) groups is 1. The van der Waals surface area contributed by atoms with Crippen molar-refractivity contribution in [2.45, 2.75) is 51.2 Å². The van der Waals surface area contributed by atoms with E-state index in [0.29, 0.717) is 13.1 Å². The van der Waals surface area contributed by atoms with Crippen molar-refractivity contribution in [1.82, 2.24) is 20.2 Å². The number of benzene rings is 1. The third-order valence-electron chi connectivity index (χ3n) is 5.40. The van der Waals surface area contributed by atoms with Crippen LogP contribution in [0.5, 0.6) is 5.75 Å². The minimum Gasteiger partial charge on any atom is -0.487 e. The third-order valence-corrected chi connectivity index (χ3v) is 5.40. The lowest BCUT2D eigenvalue weighted by atomic mass is 9.95. The summed E-state index contributed by atoms with van der Waals surface area (Å²) < 4.78 is 5.91. The first-order valence-electron chi connectivity index (χ1n) is 9.78. The number of rotatable bonds is 3. The zero-order chi connectivity index (χ0) is 19.7. The fourth-order valence-corrected chi connectivity index (χ4v) is 4.07. The second-order valence-electron chi connectivity index (χ2n) is 8.26. The van der Waals surface area contributed by atoms with Crippen LogP contribution in [0.1, 0.15) is 49.4 Å². The van der Waals surface area contributed by atoms with E-state index in [1.54, 1.807) is 0 Å². The summed E-state index contributed by atoms with van der Waals surface area (Å²) >= 11 is 0. The summed E-state index contributed by atoms with van der Waals surface area (Å²) in [5.74, 6) is 1.03. The second-order valence-corrected chi connectivity index (χ2v) is 8.26. The second kappa shape index (κ2) is 7.30. The van der Waals surface area contributed by atoms with Gasteiger partial charge in [-0.2, -0.15) is 0 Å². The van der Waals surface area contributed by atoms with Crippen LogP contribution < -0.4 is 15.6 Å². The number of nitrogens with one attached hydrogen (secondary N) is 2. The molecule has 7 heteroatoms. The van der Waals surface area contributed by atoms with Crippen LogP contribution in [0.2, 0.25) is 0 Å². The fourth-order valence-electron chi connectivity index (χ4n) is 4.07. The van der Waals surface area contributed by atoms with Gasteiger partial charge < -0.3 is 19.9 Å². The van der Waals surface area contributed by atoms with Crippen molar-refractivity contribution in [2.24, 2.45) is 0 Å². The lowest BCUT2D eigenvalue weighted by Crippen LogP contribution is -2.44. The summed E-state index contributed by atoms with van der Waals surface area (Å²) in [6.07, 6.45) is 4.13. The Morgan fingerprint density at radius 2 is 2.25 bits per heavy atom. The standard InChI is InChI=1S/C21H26N4O3/c1-21(2)10-16-8-14(5-6-18(16)28-21)11-22-20(27)25-7-3-4-15(12-25)17-9-19(26)24-13-23-17/h5-6,8-9,13,15H,3-4,7,10-12H2,1-2H3,(H,22,27)(H,23,24,26)/t15-/m0/s1. The number of hydrogen-bond donors (Lipinski definition) is 2. The van der Waals surface area contributed by atoms with E-state index < -0.39 is 0 Å². The molecular weight excluding hydrogens is 356 g/mol. The van der Waals surface area contributed by atoms with Gasteiger partial charge in [0.25, 0.3) is 5.56 Å². The minimum atomic E-state index is -0.166. The van der Waals surface area contributed by atoms with Gasteiger partial charge in [-0.15, -0.1) is 0 Å². The maximum Gasteiger partial charge on any atom is 0.317 e. The van der Waals surface area contributed by atoms with Crippen molar-refractivity contribution in [3.05, 3.63) is 57.8 Å². The summed E-state index contributed by atoms with van der Waals surface area (Å²) in [4.78, 5) is 32.8. The molecule has 1 aromatic carbocycles. The molecule has 0 unspecified atom stereocenters. The highest BCUT2D eigenvalue weighted by Crippen LogP contribution is 2.35. The quantitative estimate of drug-likeness (QED) is 0.854. The van der Waals surface area contributed by atoms with Crippen LogP contribution in [0.3, 0.4) is 0 Å². The van der Waals surface area contributed by atoms with Crippen LogP contribution in [-0.2, 0) is 13.0 Å². The number of carbonyl (C=O) groups excluding carboxylic acids is 1. The highest BCUT2D eigenvalue weighted by Gasteiger charge is 2.30. The number of piperidine rings is 1. The van der Waals surface area contributed by atoms with Gasteiger partial charge in [-0.3, -0.25) is 4.79 Å². The molecule has 2 aromatic rings. The van der Waals surface area contributed by atoms with Crippen LogP contribution in [0.15, 0.2) is 35.4 Å². The van der Waals surface area contributed by atoms with Crippen molar-refractivity contribution in [2.75, 3.05) is 13.1 Å². The Morgan fingerprint density at radius 3 is 3.07 bits per heavy atom. The summed E-state index contributed by atoms with van der Waals surface area (Å²) in [7, 11) is 0. The van der Waals surface area contributed by atoms with Gasteiger partial charge >= 0.3 is 6.03 Å². The summed E-state index contributed by atoms with van der Waals surface area (Å²) in [6, 6.07) is 7.55. The average Bonchev–Trinajstić information content (AvgIpc) is 2.99. The Labute approximate surface area is 164 Å². The Hall–Kier alpha value is -2.83. The molecule has 7 nitrogen and oxygen atoms in total. The molecule has 0 saturated carbocycles. The zero-order valence-corrected chi connectivity index (χ0v) is 16.3. The SMILES string of the molecule is CC1(C)Cc2cc(CNC(=O)N3CCC[C@H](c4cc(=O)[nH]cn4)C3)ccc2O1. The average molecular weight is 382 g/mol. The van der Waals surface area contributed by atoms with Gasteiger partial charge in [0.1, 0.15) is 11.4 Å². The number of aromatic nitrogens is 2. The fraction of sp³-hybridized carbons (Fsp3) is 0.476. The van der Waals surface area contributed by atoms with E-state index in [1.165, 1.54) is 18.0 Å². The van der Waals surface area contributed by atoms with Gasteiger partial charge in [0.05, 0.1) is 12.0 Å². The van der Waals surface area contributed by atoms with Crippen LogP contribution >= 0.6 is 0 Å². The molecule has 2 N–H and O–H groups in total. The topological polar surface area (TPSA) is 87.3 Å². The van der Waals surface area contributed by atoms with Crippen molar-refractivity contribution in [3.8, 4) is 5.75 Å². The molecule has 28 heavy (non-hydrogen) atoms. The number of aromatic amines is 1. The molecule has 0 spiro atoms. The molecule has 1 saturated heterocycles. The Balaban J connectivity index is 1.36. The van der Waals surface area contributed by atoms with Gasteiger partial charge in [-0.1, -0.05) is 12.1 Å². The normalized spacial score (nSPS) is 20.4. The first kappa shape index (κ1) is 18.5. The summed E-state index contributed by atoms with van der Waals surface area (Å²) in [5, 5.41) is 3.02. The number of ether oxygens (including phenoxy) is 1. The Morgan fingerprint density at radius 1 is 1.39 bits per heavy atom. The van der Waals surface area contributed by atoms with Gasteiger partial charge in [-0.05, 0) is 43.9 Å². The van der Waals surface area contributed by atoms with E-state index in [9.17, 15) is 9.59 Å². The zero-order valence-electron chi connectivity index (χ0n) is 16.3. The number of fused-ring (bicyclic) bond motifs is 1. The van der Waals surface area contributed by atoms with Gasteiger partial charge in [-0.25, -0.2) is 9.78 Å². The predicted molar refractivity (Wildman–Crippen MR) is 105 cm³/mol. The van der Waals surface area contributed by atoms with Crippen LogP contribution in [0.4, 0.5) is 4.79 Å². The predicted octanol–water partition coefficient (Wildman–Crippen LogP) is 2.57. The number of likely N-dealkylation sites (tertiary alicyclic amines) is 1. The van der Waals surface area contributed by atoms with Crippen LogP contribution in [0.25, 0.3) is 0 Å². The molecule has 1 fully saturated rings. The van der Waals surface area contributed by atoms with E-state index in [2.05, 4.69) is 35.2 Å². The van der Waals surface area contributed by atoms with Crippen LogP contribution in [0, 0.1) is 0 Å². The van der Waals surface area contributed by atoms with E-state index in [1.807, 2.05) is 17.0 Å². The largest absolute Gasteiger partial charge is 0.487 e. The first-order valence-corrected chi connectivity index (χ1v) is 9.78. The molecule has 1 atom stereocenters. The number of amides is 2. The lowest BCUT2D eigenvalue weighted by molar-refractivity contribution is 0.138. The highest BCUT2D eigenvalue weighted by molar-refractivity contribution is 5.74. The van der Waals surface area contributed by atoms with Crippen molar-refractivity contribution >= 4 is 6.03 Å². The smallest absolute Gasteiger partial charge is 0.317 e. The molecule has 4 rings (SSSR count). The minimum absolute atomic E-state index is 0.0772. The molecule has 0 aliphatic carbocycles. The molecule has 148 valence electrons. The number of H-pyrrole nitrogens is 1. The molecule has 0 bridgehead atoms. The van der Waals surface area contributed by atoms with Crippen LogP contribution in [-0.4, -0.2) is 39.6 Å². The molecule has 2 amide bonds. The summed E-state index contributed by atoms with van der Waals surface area (Å²) in [5.41, 5.74) is 2.69. The number of nitrogens with zero attached hydrogens (tertiary/aromatic N) is 2. The van der Waals surface area contributed by atoms with E-state index in [0.717, 1.165) is 42.8 Å². The van der Waals surface area contributed by atoms with Crippen molar-refractivity contribution in [1.29, 1.82) is 0 Å². The van der Waals surface area contributed by atoms with Gasteiger partial charge in [0.2, 0.25) is 0 Å². The first-order chi connectivity index (χ1) is 13.4. The molecule has 1 aromatic heterocycles. The summed E-state index contributed by atoms with van der Waals surface area (Å²) in [6.45, 7) is 5.94. The maximum atomic E-state index is 12.7. The van der Waals surface area contributed by atoms with Gasteiger partial charge in [0, 0.05) is 38.0 Å². The van der Waals surface area contributed by atoms with Gasteiger partial charge in [0.15, 0.2) is 0 Å². The van der Waals surface area contributed by atoms with E-state index in [4.69, 9.17) is 4.74 Å².